The van der Waals surface area contributed by atoms with Crippen LogP contribution in [0.2, 0.25) is 0 Å². The van der Waals surface area contributed by atoms with Gasteiger partial charge in [0.1, 0.15) is 11.5 Å². The van der Waals surface area contributed by atoms with Gasteiger partial charge in [-0.05, 0) is 179 Å². The summed E-state index contributed by atoms with van der Waals surface area (Å²) in [5.41, 5.74) is 31.3. The Hall–Kier alpha value is -11.1. The summed E-state index contributed by atoms with van der Waals surface area (Å²) in [6.07, 6.45) is 0. The van der Waals surface area contributed by atoms with Crippen LogP contribution in [0.5, 0.6) is 11.5 Å². The highest BCUT2D eigenvalue weighted by atomic mass is 16.5. The highest BCUT2D eigenvalue weighted by Crippen LogP contribution is 2.52. The number of benzene rings is 13. The number of nitrogens with zero attached hydrogens (tertiary/aromatic N) is 5. The Morgan fingerprint density at radius 3 is 1.22 bits per heavy atom. The molecule has 0 saturated heterocycles. The average Bonchev–Trinajstić information content (AvgIpc) is 0.687. The molecule has 5 heterocycles. The van der Waals surface area contributed by atoms with Crippen molar-refractivity contribution in [2.45, 2.75) is 20.8 Å². The van der Waals surface area contributed by atoms with Crippen molar-refractivity contribution in [1.29, 1.82) is 0 Å². The molecule has 18 rings (SSSR count). The average molecular weight is 1150 g/mol. The molecule has 0 radical (unpaired) electrons. The van der Waals surface area contributed by atoms with Crippen LogP contribution in [0.15, 0.2) is 297 Å². The lowest BCUT2D eigenvalue weighted by molar-refractivity contribution is 0.491. The molecular weight excluding hydrogens is 1090 g/mol. The zero-order valence-electron chi connectivity index (χ0n) is 50.2. The molecule has 0 N–H and O–H groups in total. The normalized spacial score (nSPS) is 13.4. The number of anilines is 15. The van der Waals surface area contributed by atoms with Crippen molar-refractivity contribution in [2.24, 2.45) is 0 Å². The standard InChI is InChI=1S/C81H58B3N5O/c1-53-46-54(2)80(55(3)47-53)89-71-51-70-66(50-67(71)84-65-42-24-27-45-76(65)90-81-78-74(52-75(89)79(81)84)87(60-36-18-8-19-37-60)68-43-25-22-40-63(68)82(78)56-28-10-4-11-29-56)83-64-41-23-26-44-69(64)86(59-34-16-7-17-35-59)72-48-62(49-73(77(72)83)88(70)61-38-20-9-21-39-61)85(57-30-12-5-13-31-57)58-32-14-6-15-33-58/h4-52H,1-3H3. The van der Waals surface area contributed by atoms with Crippen LogP contribution in [-0.4, -0.2) is 20.1 Å². The Morgan fingerprint density at radius 2 is 0.678 bits per heavy atom. The van der Waals surface area contributed by atoms with Crippen LogP contribution in [0.1, 0.15) is 16.7 Å². The summed E-state index contributed by atoms with van der Waals surface area (Å²) in [7, 11) is 0. The van der Waals surface area contributed by atoms with Gasteiger partial charge in [0.15, 0.2) is 0 Å². The maximum Gasteiger partial charge on any atom is 0.256 e. The Morgan fingerprint density at radius 1 is 0.289 bits per heavy atom. The summed E-state index contributed by atoms with van der Waals surface area (Å²) in [4.78, 5) is 12.6. The molecule has 9 heteroatoms. The predicted octanol–water partition coefficient (Wildman–Crippen LogP) is 14.9. The van der Waals surface area contributed by atoms with Gasteiger partial charge in [-0.15, -0.1) is 0 Å². The Labute approximate surface area is 527 Å². The highest BCUT2D eigenvalue weighted by Gasteiger charge is 2.51. The van der Waals surface area contributed by atoms with Gasteiger partial charge in [0.05, 0.1) is 11.4 Å². The Bertz CT molecular complexity index is 4950. The van der Waals surface area contributed by atoms with Crippen LogP contribution >= 0.6 is 0 Å². The quantitative estimate of drug-likeness (QED) is 0.141. The first-order chi connectivity index (χ1) is 44.4. The van der Waals surface area contributed by atoms with Crippen molar-refractivity contribution in [3.05, 3.63) is 314 Å². The van der Waals surface area contributed by atoms with Crippen molar-refractivity contribution in [1.82, 2.24) is 0 Å². The first kappa shape index (κ1) is 52.0. The third kappa shape index (κ3) is 7.82. The van der Waals surface area contributed by atoms with E-state index in [1.807, 2.05) is 0 Å². The summed E-state index contributed by atoms with van der Waals surface area (Å²) >= 11 is 0. The summed E-state index contributed by atoms with van der Waals surface area (Å²) in [6.45, 7) is 6.29. The van der Waals surface area contributed by atoms with Crippen molar-refractivity contribution in [3.8, 4) is 11.5 Å². The largest absolute Gasteiger partial charge is 0.459 e. The molecule has 0 unspecified atom stereocenters. The van der Waals surface area contributed by atoms with E-state index in [9.17, 15) is 0 Å². The predicted molar refractivity (Wildman–Crippen MR) is 381 cm³/mol. The van der Waals surface area contributed by atoms with E-state index in [1.54, 1.807) is 0 Å². The van der Waals surface area contributed by atoms with Gasteiger partial charge >= 0.3 is 0 Å². The van der Waals surface area contributed by atoms with Crippen LogP contribution in [0, 0.1) is 20.8 Å². The summed E-state index contributed by atoms with van der Waals surface area (Å²) < 4.78 is 7.78. The lowest BCUT2D eigenvalue weighted by atomic mass is 9.29. The molecule has 13 aromatic rings. The van der Waals surface area contributed by atoms with Crippen LogP contribution in [-0.2, 0) is 0 Å². The lowest BCUT2D eigenvalue weighted by Crippen LogP contribution is -2.66. The Kier molecular flexibility index (Phi) is 11.8. The monoisotopic (exact) mass is 1150 g/mol. The van der Waals surface area contributed by atoms with Gasteiger partial charge in [0.25, 0.3) is 20.1 Å². The third-order valence-corrected chi connectivity index (χ3v) is 19.3. The molecule has 0 amide bonds. The fourth-order valence-electron chi connectivity index (χ4n) is 15.9. The highest BCUT2D eigenvalue weighted by molar-refractivity contribution is 7.04. The van der Waals surface area contributed by atoms with E-state index in [4.69, 9.17) is 4.74 Å². The summed E-state index contributed by atoms with van der Waals surface area (Å²) in [6, 6.07) is 110. The maximum absolute atomic E-state index is 7.78. The summed E-state index contributed by atoms with van der Waals surface area (Å²) in [5, 5.41) is 0. The van der Waals surface area contributed by atoms with Crippen LogP contribution in [0.25, 0.3) is 0 Å². The third-order valence-electron chi connectivity index (χ3n) is 19.3. The second-order valence-corrected chi connectivity index (χ2v) is 24.5. The molecule has 0 aliphatic carbocycles. The second-order valence-electron chi connectivity index (χ2n) is 24.5. The molecule has 422 valence electrons. The van der Waals surface area contributed by atoms with Crippen molar-refractivity contribution in [2.75, 3.05) is 24.5 Å². The molecule has 0 spiro atoms. The van der Waals surface area contributed by atoms with Crippen molar-refractivity contribution < 1.29 is 4.74 Å². The topological polar surface area (TPSA) is 25.4 Å². The SMILES string of the molecule is Cc1cc(C)c(N2c3cc4c(cc3B3c5ccccc5Oc5c6c(cc2c53)N(c2ccccc2)c2ccccc2B6c2ccccc2)B2c3ccccc3N(c3ccccc3)c3cc(N(c5ccccc5)c5ccccc5)cc(c32)N4c2ccccc2)c(C)c1. The lowest BCUT2D eigenvalue weighted by Gasteiger charge is -2.48. The van der Waals surface area contributed by atoms with E-state index in [-0.39, 0.29) is 20.1 Å². The molecular formula is C81H58B3N5O. The van der Waals surface area contributed by atoms with Crippen LogP contribution in [0.3, 0.4) is 0 Å². The van der Waals surface area contributed by atoms with Gasteiger partial charge < -0.3 is 29.2 Å². The van der Waals surface area contributed by atoms with Gasteiger partial charge in [-0.1, -0.05) is 205 Å². The number of rotatable bonds is 8. The minimum Gasteiger partial charge on any atom is -0.459 e. The number of para-hydroxylation sites is 8. The smallest absolute Gasteiger partial charge is 0.256 e. The molecule has 0 saturated carbocycles. The summed E-state index contributed by atoms with van der Waals surface area (Å²) in [5.74, 6) is 1.79. The van der Waals surface area contributed by atoms with E-state index >= 15 is 0 Å². The van der Waals surface area contributed by atoms with E-state index in [1.165, 1.54) is 60.6 Å². The first-order valence-corrected chi connectivity index (χ1v) is 31.3. The van der Waals surface area contributed by atoms with Crippen molar-refractivity contribution >= 4 is 155 Å². The Balaban J connectivity index is 0.983. The fourth-order valence-corrected chi connectivity index (χ4v) is 15.9. The van der Waals surface area contributed by atoms with E-state index in [2.05, 4.69) is 343 Å². The molecule has 6 nitrogen and oxygen atoms in total. The molecule has 0 bridgehead atoms. The number of hydrogen-bond acceptors (Lipinski definition) is 6. The number of hydrogen-bond donors (Lipinski definition) is 0. The molecule has 90 heavy (non-hydrogen) atoms. The van der Waals surface area contributed by atoms with E-state index < -0.39 is 0 Å². The van der Waals surface area contributed by atoms with Crippen LogP contribution in [0.4, 0.5) is 85.3 Å². The van der Waals surface area contributed by atoms with E-state index in [0.717, 1.165) is 102 Å². The van der Waals surface area contributed by atoms with Gasteiger partial charge in [0.2, 0.25) is 0 Å². The molecule has 13 aromatic carbocycles. The van der Waals surface area contributed by atoms with Gasteiger partial charge in [-0.25, -0.2) is 0 Å². The number of ether oxygens (including phenoxy) is 1. The zero-order chi connectivity index (χ0) is 59.7. The maximum atomic E-state index is 7.78. The first-order valence-electron chi connectivity index (χ1n) is 31.3. The number of aryl methyl sites for hydroxylation is 3. The van der Waals surface area contributed by atoms with Gasteiger partial charge in [0, 0.05) is 73.9 Å². The molecule has 5 aliphatic heterocycles. The molecule has 0 atom stereocenters. The molecule has 0 fully saturated rings. The molecule has 5 aliphatic rings. The molecule has 0 aromatic heterocycles. The number of fused-ring (bicyclic) bond motifs is 11. The van der Waals surface area contributed by atoms with Crippen molar-refractivity contribution in [3.63, 3.8) is 0 Å². The van der Waals surface area contributed by atoms with Gasteiger partial charge in [-0.2, -0.15) is 0 Å². The van der Waals surface area contributed by atoms with E-state index in [0.29, 0.717) is 0 Å². The fraction of sp³-hybridized carbons (Fsp3) is 0.0370. The zero-order valence-corrected chi connectivity index (χ0v) is 50.2. The van der Waals surface area contributed by atoms with Gasteiger partial charge in [-0.3, -0.25) is 0 Å². The minimum absolute atomic E-state index is 0.143. The second kappa shape index (κ2) is 20.5. The minimum atomic E-state index is -0.218. The van der Waals surface area contributed by atoms with Crippen LogP contribution < -0.4 is 78.4 Å².